The van der Waals surface area contributed by atoms with Crippen molar-refractivity contribution in [2.45, 2.75) is 38.8 Å². The minimum atomic E-state index is -0.529. The van der Waals surface area contributed by atoms with Crippen molar-refractivity contribution in [3.8, 4) is 0 Å². The van der Waals surface area contributed by atoms with Gasteiger partial charge >= 0.3 is 5.69 Å². The fraction of sp³-hybridized carbons (Fsp3) is 0.467. The molecule has 2 heterocycles. The number of hydrogen-bond acceptors (Lipinski definition) is 5. The van der Waals surface area contributed by atoms with Crippen molar-refractivity contribution < 1.29 is 9.18 Å². The maximum atomic E-state index is 12.8. The normalized spacial score (nSPS) is 14.6. The zero-order valence-corrected chi connectivity index (χ0v) is 13.9. The van der Waals surface area contributed by atoms with Crippen LogP contribution in [0.4, 0.5) is 4.39 Å². The van der Waals surface area contributed by atoms with Crippen molar-refractivity contribution in [2.24, 2.45) is 5.10 Å². The summed E-state index contributed by atoms with van der Waals surface area (Å²) < 4.78 is 15.4. The Labute approximate surface area is 140 Å². The summed E-state index contributed by atoms with van der Waals surface area (Å²) in [6.07, 6.45) is 3.72. The van der Waals surface area contributed by atoms with E-state index < -0.39 is 6.67 Å². The molecule has 1 aliphatic rings. The summed E-state index contributed by atoms with van der Waals surface area (Å²) >= 11 is 1.24. The number of thiophene rings is 1. The first-order valence-corrected chi connectivity index (χ1v) is 8.48. The molecule has 2 aromatic rings. The summed E-state index contributed by atoms with van der Waals surface area (Å²) in [6.45, 7) is 1.48. The van der Waals surface area contributed by atoms with Crippen LogP contribution in [0.3, 0.4) is 0 Å². The van der Waals surface area contributed by atoms with Gasteiger partial charge in [0, 0.05) is 12.6 Å². The molecule has 1 aliphatic carbocycles. The minimum absolute atomic E-state index is 0.0563. The molecule has 3 rings (SSSR count). The molecule has 0 atom stereocenters. The number of halogens is 1. The number of amides is 1. The van der Waals surface area contributed by atoms with Crippen LogP contribution in [-0.4, -0.2) is 28.4 Å². The van der Waals surface area contributed by atoms with Crippen molar-refractivity contribution in [3.05, 3.63) is 31.3 Å². The number of fused-ring (bicyclic) bond motifs is 1. The number of rotatable bonds is 7. The minimum Gasteiger partial charge on any atom is -0.284 e. The van der Waals surface area contributed by atoms with Gasteiger partial charge in [-0.05, 0) is 31.7 Å². The van der Waals surface area contributed by atoms with Gasteiger partial charge in [0.2, 0.25) is 6.41 Å². The highest BCUT2D eigenvalue weighted by atomic mass is 32.1. The van der Waals surface area contributed by atoms with Gasteiger partial charge < -0.3 is 0 Å². The van der Waals surface area contributed by atoms with Gasteiger partial charge in [0.15, 0.2) is 0 Å². The number of nitrogens with one attached hydrogen (secondary N) is 1. The first-order valence-electron chi connectivity index (χ1n) is 7.66. The molecular formula is C15H17FN4O3S. The lowest BCUT2D eigenvalue weighted by atomic mass is 10.2. The molecule has 0 saturated heterocycles. The number of alkyl halides is 1. The van der Waals surface area contributed by atoms with E-state index in [1.54, 1.807) is 6.92 Å². The second kappa shape index (κ2) is 6.68. The fourth-order valence-corrected chi connectivity index (χ4v) is 3.89. The van der Waals surface area contributed by atoms with Crippen LogP contribution >= 0.6 is 11.3 Å². The molecule has 9 heteroatoms. The van der Waals surface area contributed by atoms with Gasteiger partial charge in [-0.1, -0.05) is 0 Å². The van der Waals surface area contributed by atoms with Gasteiger partial charge in [0.05, 0.1) is 23.2 Å². The van der Waals surface area contributed by atoms with E-state index in [4.69, 9.17) is 0 Å². The van der Waals surface area contributed by atoms with Crippen molar-refractivity contribution in [2.75, 3.05) is 6.67 Å². The molecule has 0 spiro atoms. The second-order valence-corrected chi connectivity index (χ2v) is 6.69. The molecule has 1 amide bonds. The molecule has 1 N–H and O–H groups in total. The Morgan fingerprint density at radius 2 is 2.17 bits per heavy atom. The molecule has 2 aromatic heterocycles. The third-order valence-electron chi connectivity index (χ3n) is 4.02. The molecule has 0 unspecified atom stereocenters. The van der Waals surface area contributed by atoms with Crippen LogP contribution in [0, 0.1) is 6.92 Å². The van der Waals surface area contributed by atoms with E-state index in [1.807, 2.05) is 0 Å². The smallest absolute Gasteiger partial charge is 0.284 e. The zero-order chi connectivity index (χ0) is 17.3. The van der Waals surface area contributed by atoms with Crippen molar-refractivity contribution in [3.63, 3.8) is 0 Å². The third kappa shape index (κ3) is 2.79. The van der Waals surface area contributed by atoms with Crippen LogP contribution in [-0.2, 0) is 11.3 Å². The van der Waals surface area contributed by atoms with Crippen LogP contribution < -0.4 is 16.7 Å². The Morgan fingerprint density at radius 3 is 2.79 bits per heavy atom. The third-order valence-corrected chi connectivity index (χ3v) is 5.27. The fourth-order valence-electron chi connectivity index (χ4n) is 2.70. The first-order chi connectivity index (χ1) is 11.6. The lowest BCUT2D eigenvalue weighted by Gasteiger charge is -2.10. The molecule has 0 aromatic carbocycles. The SMILES string of the molecule is Cc1c(/C=N/NC=O)sc2c1c(=O)n(C1CC1)c(=O)n2CCCF. The summed E-state index contributed by atoms with van der Waals surface area (Å²) in [5.74, 6) is 0. The van der Waals surface area contributed by atoms with Crippen molar-refractivity contribution in [1.82, 2.24) is 14.6 Å². The number of hydrazone groups is 1. The van der Waals surface area contributed by atoms with E-state index in [0.717, 1.165) is 12.8 Å². The average molecular weight is 352 g/mol. The molecule has 0 radical (unpaired) electrons. The van der Waals surface area contributed by atoms with E-state index in [1.165, 1.54) is 26.7 Å². The average Bonchev–Trinajstić information content (AvgIpc) is 3.33. The summed E-state index contributed by atoms with van der Waals surface area (Å²) in [5.41, 5.74) is 2.21. The summed E-state index contributed by atoms with van der Waals surface area (Å²) in [6, 6.07) is -0.0563. The topological polar surface area (TPSA) is 85.5 Å². The van der Waals surface area contributed by atoms with Gasteiger partial charge in [-0.15, -0.1) is 11.3 Å². The predicted octanol–water partition coefficient (Wildman–Crippen LogP) is 1.31. The van der Waals surface area contributed by atoms with E-state index >= 15 is 0 Å². The molecule has 1 fully saturated rings. The number of aryl methyl sites for hydroxylation is 2. The zero-order valence-electron chi connectivity index (χ0n) is 13.1. The number of nitrogens with zero attached hydrogens (tertiary/aromatic N) is 3. The maximum absolute atomic E-state index is 12.8. The lowest BCUT2D eigenvalue weighted by Crippen LogP contribution is -2.39. The summed E-state index contributed by atoms with van der Waals surface area (Å²) in [7, 11) is 0. The summed E-state index contributed by atoms with van der Waals surface area (Å²) in [5, 5.41) is 4.21. The van der Waals surface area contributed by atoms with E-state index in [0.29, 0.717) is 27.1 Å². The highest BCUT2D eigenvalue weighted by molar-refractivity contribution is 7.20. The van der Waals surface area contributed by atoms with Gasteiger partial charge in [0.1, 0.15) is 4.83 Å². The Kier molecular flexibility index (Phi) is 4.61. The molecule has 1 saturated carbocycles. The van der Waals surface area contributed by atoms with Crippen LogP contribution in [0.1, 0.15) is 35.7 Å². The molecular weight excluding hydrogens is 335 g/mol. The van der Waals surface area contributed by atoms with Crippen molar-refractivity contribution in [1.29, 1.82) is 0 Å². The number of carbonyl (C=O) groups is 1. The Hall–Kier alpha value is -2.29. The Bertz CT molecular complexity index is 923. The van der Waals surface area contributed by atoms with Gasteiger partial charge in [-0.3, -0.25) is 23.1 Å². The monoisotopic (exact) mass is 352 g/mol. The van der Waals surface area contributed by atoms with E-state index in [-0.39, 0.29) is 30.3 Å². The number of hydrogen-bond donors (Lipinski definition) is 1. The summed E-state index contributed by atoms with van der Waals surface area (Å²) in [4.78, 5) is 37.0. The largest absolute Gasteiger partial charge is 0.332 e. The van der Waals surface area contributed by atoms with Gasteiger partial charge in [-0.25, -0.2) is 10.2 Å². The van der Waals surface area contributed by atoms with Crippen LogP contribution in [0.2, 0.25) is 0 Å². The molecule has 128 valence electrons. The quantitative estimate of drug-likeness (QED) is 0.463. The molecule has 0 bridgehead atoms. The standard InChI is InChI=1S/C15H17FN4O3S/c1-9-11(7-17-18-8-21)24-14-12(9)13(22)20(10-3-4-10)15(23)19(14)6-2-5-16/h7-8,10H,2-6H2,1H3,(H,18,21)/b17-7+. The van der Waals surface area contributed by atoms with Gasteiger partial charge in [0.25, 0.3) is 5.56 Å². The van der Waals surface area contributed by atoms with E-state index in [2.05, 4.69) is 10.5 Å². The maximum Gasteiger partial charge on any atom is 0.332 e. The first kappa shape index (κ1) is 16.6. The van der Waals surface area contributed by atoms with E-state index in [9.17, 15) is 18.8 Å². The predicted molar refractivity (Wildman–Crippen MR) is 90.7 cm³/mol. The molecule has 24 heavy (non-hydrogen) atoms. The van der Waals surface area contributed by atoms with Crippen LogP contribution in [0.25, 0.3) is 10.2 Å². The molecule has 0 aliphatic heterocycles. The van der Waals surface area contributed by atoms with Crippen LogP contribution in [0.5, 0.6) is 0 Å². The van der Waals surface area contributed by atoms with Crippen LogP contribution in [0.15, 0.2) is 14.7 Å². The Morgan fingerprint density at radius 1 is 1.42 bits per heavy atom. The Balaban J connectivity index is 2.26. The van der Waals surface area contributed by atoms with Crippen molar-refractivity contribution >= 4 is 34.2 Å². The number of carbonyl (C=O) groups excluding carboxylic acids is 1. The van der Waals surface area contributed by atoms with Gasteiger partial charge in [-0.2, -0.15) is 5.10 Å². The second-order valence-electron chi connectivity index (χ2n) is 5.66. The number of aromatic nitrogens is 2. The lowest BCUT2D eigenvalue weighted by molar-refractivity contribution is -0.109. The molecule has 7 nitrogen and oxygen atoms in total. The highest BCUT2D eigenvalue weighted by Crippen LogP contribution is 2.34. The highest BCUT2D eigenvalue weighted by Gasteiger charge is 2.30.